The molecule has 124 valence electrons. The molecule has 0 saturated carbocycles. The lowest BCUT2D eigenvalue weighted by Gasteiger charge is -2.07. The fourth-order valence-corrected chi connectivity index (χ4v) is 3.32. The Morgan fingerprint density at radius 1 is 0.808 bits per heavy atom. The highest BCUT2D eigenvalue weighted by Crippen LogP contribution is 2.38. The summed E-state index contributed by atoms with van der Waals surface area (Å²) in [5.41, 5.74) is 5.55. The van der Waals surface area contributed by atoms with Crippen molar-refractivity contribution >= 4 is 33.8 Å². The summed E-state index contributed by atoms with van der Waals surface area (Å²) in [6.07, 6.45) is 1.44. The Bertz CT molecular complexity index is 1230. The van der Waals surface area contributed by atoms with Gasteiger partial charge in [-0.3, -0.25) is 0 Å². The molecule has 2 aromatic carbocycles. The molecule has 3 heterocycles. The first-order valence-corrected chi connectivity index (χ1v) is 8.53. The van der Waals surface area contributed by atoms with Crippen molar-refractivity contribution in [3.05, 3.63) is 78.2 Å². The van der Waals surface area contributed by atoms with Crippen molar-refractivity contribution in [3.8, 4) is 22.4 Å². The van der Waals surface area contributed by atoms with Crippen LogP contribution in [0.4, 0.5) is 0 Å². The number of halogens is 1. The van der Waals surface area contributed by atoms with E-state index in [1.165, 1.54) is 6.33 Å². The van der Waals surface area contributed by atoms with Crippen LogP contribution in [0.15, 0.2) is 77.5 Å². The summed E-state index contributed by atoms with van der Waals surface area (Å²) < 4.78 is 5.94. The third-order valence-corrected chi connectivity index (χ3v) is 4.61. The maximum absolute atomic E-state index is 6.21. The van der Waals surface area contributed by atoms with Crippen molar-refractivity contribution in [2.75, 3.05) is 0 Å². The maximum Gasteiger partial charge on any atom is 0.230 e. The van der Waals surface area contributed by atoms with Crippen LogP contribution in [0.25, 0.3) is 44.6 Å². The van der Waals surface area contributed by atoms with E-state index < -0.39 is 0 Å². The van der Waals surface area contributed by atoms with Gasteiger partial charge in [-0.15, -0.1) is 0 Å². The lowest BCUT2D eigenvalue weighted by Crippen LogP contribution is -1.88. The molecular formula is C21H12ClN3O. The SMILES string of the molecule is Clc1ncnc2c1oc1nc(-c3ccccc3)cc(-c3ccccc3)c12. The van der Waals surface area contributed by atoms with Crippen molar-refractivity contribution in [2.45, 2.75) is 0 Å². The second kappa shape index (κ2) is 5.93. The highest BCUT2D eigenvalue weighted by molar-refractivity contribution is 6.34. The molecule has 0 amide bonds. The molecule has 4 nitrogen and oxygen atoms in total. The zero-order valence-corrected chi connectivity index (χ0v) is 14.3. The molecule has 0 saturated heterocycles. The Hall–Kier alpha value is -3.24. The molecule has 5 heteroatoms. The van der Waals surface area contributed by atoms with Crippen LogP contribution >= 0.6 is 11.6 Å². The summed E-state index contributed by atoms with van der Waals surface area (Å²) in [5, 5.41) is 1.13. The van der Waals surface area contributed by atoms with Crippen LogP contribution in [0.2, 0.25) is 5.15 Å². The Balaban J connectivity index is 1.92. The second-order valence-electron chi connectivity index (χ2n) is 5.91. The molecule has 26 heavy (non-hydrogen) atoms. The summed E-state index contributed by atoms with van der Waals surface area (Å²) in [6, 6.07) is 22.2. The van der Waals surface area contributed by atoms with Gasteiger partial charge in [-0.1, -0.05) is 72.3 Å². The minimum Gasteiger partial charge on any atom is -0.433 e. The van der Waals surface area contributed by atoms with Crippen molar-refractivity contribution in [1.29, 1.82) is 0 Å². The first-order valence-electron chi connectivity index (χ1n) is 8.16. The number of aromatic nitrogens is 3. The molecule has 0 aliphatic rings. The first kappa shape index (κ1) is 15.0. The maximum atomic E-state index is 6.21. The summed E-state index contributed by atoms with van der Waals surface area (Å²) in [5.74, 6) is 0. The number of fused-ring (bicyclic) bond motifs is 3. The average Bonchev–Trinajstić information content (AvgIpc) is 3.09. The molecular weight excluding hydrogens is 346 g/mol. The van der Waals surface area contributed by atoms with Crippen molar-refractivity contribution in [3.63, 3.8) is 0 Å². The lowest BCUT2D eigenvalue weighted by atomic mass is 10.00. The van der Waals surface area contributed by atoms with Crippen molar-refractivity contribution < 1.29 is 4.42 Å². The fraction of sp³-hybridized carbons (Fsp3) is 0. The molecule has 0 atom stereocenters. The Morgan fingerprint density at radius 2 is 1.50 bits per heavy atom. The van der Waals surface area contributed by atoms with E-state index in [-0.39, 0.29) is 5.15 Å². The number of nitrogens with zero attached hydrogens (tertiary/aromatic N) is 3. The zero-order valence-electron chi connectivity index (χ0n) is 13.6. The monoisotopic (exact) mass is 357 g/mol. The molecule has 0 aliphatic heterocycles. The van der Waals surface area contributed by atoms with Crippen LogP contribution < -0.4 is 0 Å². The normalized spacial score (nSPS) is 11.3. The summed E-state index contributed by atoms with van der Waals surface area (Å²) in [4.78, 5) is 13.1. The molecule has 0 N–H and O–H groups in total. The van der Waals surface area contributed by atoms with Crippen LogP contribution in [0.3, 0.4) is 0 Å². The van der Waals surface area contributed by atoms with Gasteiger partial charge in [-0.2, -0.15) is 0 Å². The number of pyridine rings is 1. The quantitative estimate of drug-likeness (QED) is 0.377. The molecule has 5 rings (SSSR count). The lowest BCUT2D eigenvalue weighted by molar-refractivity contribution is 0.652. The van der Waals surface area contributed by atoms with E-state index in [9.17, 15) is 0 Å². The number of rotatable bonds is 2. The molecule has 5 aromatic rings. The molecule has 0 bridgehead atoms. The van der Waals surface area contributed by atoms with Gasteiger partial charge in [0.15, 0.2) is 10.7 Å². The summed E-state index contributed by atoms with van der Waals surface area (Å²) >= 11 is 6.21. The van der Waals surface area contributed by atoms with Gasteiger partial charge in [0.25, 0.3) is 0 Å². The highest BCUT2D eigenvalue weighted by atomic mass is 35.5. The number of furan rings is 1. The molecule has 0 unspecified atom stereocenters. The van der Waals surface area contributed by atoms with E-state index in [1.54, 1.807) is 0 Å². The molecule has 3 aromatic heterocycles. The topological polar surface area (TPSA) is 51.8 Å². The predicted octanol–water partition coefficient (Wildman–Crippen LogP) is 5.76. The van der Waals surface area contributed by atoms with E-state index in [1.807, 2.05) is 48.5 Å². The third-order valence-electron chi connectivity index (χ3n) is 4.34. The number of benzene rings is 2. The minimum atomic E-state index is 0.285. The largest absolute Gasteiger partial charge is 0.433 e. The Labute approximate surface area is 154 Å². The minimum absolute atomic E-state index is 0.285. The van der Waals surface area contributed by atoms with E-state index in [0.717, 1.165) is 27.8 Å². The summed E-state index contributed by atoms with van der Waals surface area (Å²) in [6.45, 7) is 0. The average molecular weight is 358 g/mol. The molecule has 0 spiro atoms. The van der Waals surface area contributed by atoms with Gasteiger partial charge < -0.3 is 4.42 Å². The zero-order chi connectivity index (χ0) is 17.5. The third kappa shape index (κ3) is 2.35. The predicted molar refractivity (Wildman–Crippen MR) is 103 cm³/mol. The second-order valence-corrected chi connectivity index (χ2v) is 6.27. The number of hydrogen-bond acceptors (Lipinski definition) is 4. The van der Waals surface area contributed by atoms with Gasteiger partial charge in [0.05, 0.1) is 11.1 Å². The van der Waals surface area contributed by atoms with Crippen LogP contribution in [0.1, 0.15) is 0 Å². The summed E-state index contributed by atoms with van der Waals surface area (Å²) in [7, 11) is 0. The van der Waals surface area contributed by atoms with Crippen LogP contribution in [0.5, 0.6) is 0 Å². The van der Waals surface area contributed by atoms with Crippen molar-refractivity contribution in [1.82, 2.24) is 15.0 Å². The highest BCUT2D eigenvalue weighted by Gasteiger charge is 2.19. The molecule has 0 radical (unpaired) electrons. The number of hydrogen-bond donors (Lipinski definition) is 0. The van der Waals surface area contributed by atoms with E-state index in [2.05, 4.69) is 28.2 Å². The van der Waals surface area contributed by atoms with Gasteiger partial charge >= 0.3 is 0 Å². The van der Waals surface area contributed by atoms with Crippen LogP contribution in [-0.4, -0.2) is 15.0 Å². The van der Waals surface area contributed by atoms with Crippen LogP contribution in [-0.2, 0) is 0 Å². The van der Waals surface area contributed by atoms with Crippen molar-refractivity contribution in [2.24, 2.45) is 0 Å². The first-order chi connectivity index (χ1) is 12.8. The Kier molecular flexibility index (Phi) is 3.43. The van der Waals surface area contributed by atoms with Crippen LogP contribution in [0, 0.1) is 0 Å². The molecule has 0 fully saturated rings. The smallest absolute Gasteiger partial charge is 0.230 e. The van der Waals surface area contributed by atoms with E-state index in [4.69, 9.17) is 21.0 Å². The van der Waals surface area contributed by atoms with E-state index in [0.29, 0.717) is 16.8 Å². The van der Waals surface area contributed by atoms with Gasteiger partial charge in [0.1, 0.15) is 11.8 Å². The standard InChI is InChI=1S/C21H12ClN3O/c22-20-19-18(23-12-24-20)17-15(13-7-3-1-4-8-13)11-16(25-21(17)26-19)14-9-5-2-6-10-14/h1-12H. The fourth-order valence-electron chi connectivity index (χ4n) is 3.14. The van der Waals surface area contributed by atoms with Gasteiger partial charge in [-0.25, -0.2) is 15.0 Å². The van der Waals surface area contributed by atoms with Gasteiger partial charge in [0, 0.05) is 5.56 Å². The van der Waals surface area contributed by atoms with Gasteiger partial charge in [0.2, 0.25) is 5.71 Å². The van der Waals surface area contributed by atoms with E-state index >= 15 is 0 Å². The Morgan fingerprint density at radius 3 is 2.23 bits per heavy atom. The molecule has 0 aliphatic carbocycles. The van der Waals surface area contributed by atoms with Gasteiger partial charge in [-0.05, 0) is 17.2 Å².